The number of esters is 2. The van der Waals surface area contributed by atoms with Gasteiger partial charge in [-0.05, 0) is 24.3 Å². The van der Waals surface area contributed by atoms with Gasteiger partial charge in [-0.15, -0.1) is 0 Å². The van der Waals surface area contributed by atoms with Crippen molar-refractivity contribution in [3.05, 3.63) is 83.3 Å². The van der Waals surface area contributed by atoms with Gasteiger partial charge < -0.3 is 19.9 Å². The average Bonchev–Trinajstić information content (AvgIpc) is 3.44. The van der Waals surface area contributed by atoms with Gasteiger partial charge in [-0.1, -0.05) is 48.0 Å². The summed E-state index contributed by atoms with van der Waals surface area (Å²) in [5, 5.41) is -0.00258. The monoisotopic (exact) mass is 511 g/mol. The Kier molecular flexibility index (Phi) is 6.49. The van der Waals surface area contributed by atoms with Crippen LogP contribution in [0.3, 0.4) is 0 Å². The molecule has 0 radical (unpaired) electrons. The number of hydrogen-bond acceptors (Lipinski definition) is 9. The SMILES string of the molecule is Nc1nc(Cl)c2ncn([C@@H]3O[C@H](COC(=O)c4ccccc4)[C@@H](F)[C@H]3OC(=O)c3ccccc3)c2n1. The van der Waals surface area contributed by atoms with E-state index in [9.17, 15) is 9.59 Å². The van der Waals surface area contributed by atoms with Gasteiger partial charge in [-0.3, -0.25) is 4.57 Å². The first-order valence-electron chi connectivity index (χ1n) is 10.9. The lowest BCUT2D eigenvalue weighted by Crippen LogP contribution is -2.35. The van der Waals surface area contributed by atoms with Crippen LogP contribution in [-0.2, 0) is 14.2 Å². The van der Waals surface area contributed by atoms with Crippen molar-refractivity contribution in [2.24, 2.45) is 0 Å². The molecule has 0 unspecified atom stereocenters. The van der Waals surface area contributed by atoms with Crippen LogP contribution in [0.25, 0.3) is 11.2 Å². The number of imidazole rings is 1. The molecule has 4 atom stereocenters. The molecule has 0 aliphatic carbocycles. The molecule has 1 aliphatic rings. The average molecular weight is 512 g/mol. The Labute approximate surface area is 208 Å². The summed E-state index contributed by atoms with van der Waals surface area (Å²) >= 11 is 6.12. The van der Waals surface area contributed by atoms with Gasteiger partial charge in [0, 0.05) is 0 Å². The van der Waals surface area contributed by atoms with Crippen LogP contribution in [0.15, 0.2) is 67.0 Å². The van der Waals surface area contributed by atoms with Crippen molar-refractivity contribution in [2.75, 3.05) is 12.3 Å². The Bertz CT molecular complexity index is 1400. The number of nitrogens with two attached hydrogens (primary N) is 1. The van der Waals surface area contributed by atoms with Gasteiger partial charge in [0.15, 0.2) is 29.3 Å². The summed E-state index contributed by atoms with van der Waals surface area (Å²) in [6, 6.07) is 16.4. The van der Waals surface area contributed by atoms with E-state index in [1.165, 1.54) is 10.9 Å². The number of halogens is 2. The van der Waals surface area contributed by atoms with Crippen LogP contribution in [-0.4, -0.2) is 56.4 Å². The van der Waals surface area contributed by atoms with Crippen molar-refractivity contribution >= 4 is 40.7 Å². The smallest absolute Gasteiger partial charge is 0.338 e. The van der Waals surface area contributed by atoms with E-state index in [4.69, 9.17) is 31.5 Å². The van der Waals surface area contributed by atoms with Crippen molar-refractivity contribution in [1.82, 2.24) is 19.5 Å². The number of rotatable bonds is 6. The summed E-state index contributed by atoms with van der Waals surface area (Å²) in [4.78, 5) is 37.3. The van der Waals surface area contributed by atoms with Crippen molar-refractivity contribution in [1.29, 1.82) is 0 Å². The first kappa shape index (κ1) is 23.6. The molecule has 1 aliphatic heterocycles. The lowest BCUT2D eigenvalue weighted by Gasteiger charge is -2.21. The Morgan fingerprint density at radius 3 is 2.33 bits per heavy atom. The largest absolute Gasteiger partial charge is 0.459 e. The second-order valence-corrected chi connectivity index (χ2v) is 8.26. The molecule has 184 valence electrons. The van der Waals surface area contributed by atoms with E-state index in [2.05, 4.69) is 15.0 Å². The van der Waals surface area contributed by atoms with Gasteiger partial charge in [0.05, 0.1) is 17.5 Å². The van der Waals surface area contributed by atoms with Crippen LogP contribution in [0.2, 0.25) is 5.15 Å². The molecule has 10 nitrogen and oxygen atoms in total. The maximum atomic E-state index is 15.7. The number of carbonyl (C=O) groups excluding carboxylic acids is 2. The predicted molar refractivity (Wildman–Crippen MR) is 126 cm³/mol. The zero-order valence-electron chi connectivity index (χ0n) is 18.5. The second-order valence-electron chi connectivity index (χ2n) is 7.91. The molecule has 36 heavy (non-hydrogen) atoms. The third-order valence-corrected chi connectivity index (χ3v) is 5.84. The molecule has 1 fully saturated rings. The fourth-order valence-electron chi connectivity index (χ4n) is 3.84. The topological polar surface area (TPSA) is 131 Å². The molecule has 12 heteroatoms. The third-order valence-electron chi connectivity index (χ3n) is 5.58. The van der Waals surface area contributed by atoms with E-state index in [0.717, 1.165) is 0 Å². The van der Waals surface area contributed by atoms with E-state index >= 15 is 4.39 Å². The molecule has 4 aromatic rings. The second kappa shape index (κ2) is 9.88. The lowest BCUT2D eigenvalue weighted by molar-refractivity contribution is -0.0596. The van der Waals surface area contributed by atoms with Crippen LogP contribution >= 0.6 is 11.6 Å². The number of carbonyl (C=O) groups is 2. The molecular weight excluding hydrogens is 493 g/mol. The number of aromatic nitrogens is 4. The minimum Gasteiger partial charge on any atom is -0.459 e. The van der Waals surface area contributed by atoms with Gasteiger partial charge in [0.25, 0.3) is 0 Å². The molecule has 0 spiro atoms. The van der Waals surface area contributed by atoms with Crippen LogP contribution in [0.4, 0.5) is 10.3 Å². The van der Waals surface area contributed by atoms with Crippen LogP contribution < -0.4 is 5.73 Å². The third kappa shape index (κ3) is 4.58. The molecule has 3 heterocycles. The van der Waals surface area contributed by atoms with E-state index in [1.807, 2.05) is 0 Å². The number of hydrogen-bond donors (Lipinski definition) is 1. The van der Waals surface area contributed by atoms with E-state index in [0.29, 0.717) is 5.56 Å². The summed E-state index contributed by atoms with van der Waals surface area (Å²) in [6.45, 7) is -0.421. The highest BCUT2D eigenvalue weighted by atomic mass is 35.5. The summed E-state index contributed by atoms with van der Waals surface area (Å²) in [5.74, 6) is -1.53. The number of ether oxygens (including phenoxy) is 3. The van der Waals surface area contributed by atoms with Crippen molar-refractivity contribution in [3.63, 3.8) is 0 Å². The zero-order valence-corrected chi connectivity index (χ0v) is 19.3. The number of benzene rings is 2. The number of anilines is 1. The highest BCUT2D eigenvalue weighted by Crippen LogP contribution is 2.37. The van der Waals surface area contributed by atoms with Crippen molar-refractivity contribution in [3.8, 4) is 0 Å². The minimum absolute atomic E-state index is 0.00258. The number of nitrogen functional groups attached to an aromatic ring is 1. The Morgan fingerprint density at radius 2 is 1.67 bits per heavy atom. The highest BCUT2D eigenvalue weighted by molar-refractivity contribution is 6.33. The lowest BCUT2D eigenvalue weighted by atomic mass is 10.1. The summed E-state index contributed by atoms with van der Waals surface area (Å²) in [7, 11) is 0. The zero-order chi connectivity index (χ0) is 25.2. The molecule has 0 amide bonds. The van der Waals surface area contributed by atoms with E-state index in [-0.39, 0.29) is 27.8 Å². The fourth-order valence-corrected chi connectivity index (χ4v) is 4.06. The molecule has 0 bridgehead atoms. The maximum Gasteiger partial charge on any atom is 0.338 e. The van der Waals surface area contributed by atoms with Crippen molar-refractivity contribution in [2.45, 2.75) is 24.6 Å². The van der Waals surface area contributed by atoms with Crippen molar-refractivity contribution < 1.29 is 28.2 Å². The summed E-state index contributed by atoms with van der Waals surface area (Å²) < 4.78 is 33.7. The quantitative estimate of drug-likeness (QED) is 0.305. The van der Waals surface area contributed by atoms with Crippen LogP contribution in [0, 0.1) is 0 Å². The van der Waals surface area contributed by atoms with Gasteiger partial charge in [0.2, 0.25) is 5.95 Å². The van der Waals surface area contributed by atoms with Gasteiger partial charge in [-0.2, -0.15) is 9.97 Å². The summed E-state index contributed by atoms with van der Waals surface area (Å²) in [5.41, 5.74) is 6.63. The number of fused-ring (bicyclic) bond motifs is 1. The standard InChI is InChI=1S/C24H19ClFN5O5/c25-19-17-20(30-24(27)29-19)31(12-28-17)21-18(36-23(33)14-9-5-2-6-10-14)16(26)15(35-21)11-34-22(32)13-7-3-1-4-8-13/h1-10,12,15-16,18,21H,11H2,(H2,27,29,30)/t15-,16-,18-,21-/m1/s1. The summed E-state index contributed by atoms with van der Waals surface area (Å²) in [6.07, 6.45) is -4.42. The molecule has 2 N–H and O–H groups in total. The normalized spacial score (nSPS) is 21.4. The first-order valence-corrected chi connectivity index (χ1v) is 11.2. The number of nitrogens with zero attached hydrogens (tertiary/aromatic N) is 4. The van der Waals surface area contributed by atoms with Gasteiger partial charge in [0.1, 0.15) is 18.2 Å². The van der Waals surface area contributed by atoms with Crippen LogP contribution in [0.1, 0.15) is 26.9 Å². The predicted octanol–water partition coefficient (Wildman–Crippen LogP) is 3.38. The molecular formula is C24H19ClFN5O5. The Balaban J connectivity index is 1.43. The molecule has 2 aromatic heterocycles. The first-order chi connectivity index (χ1) is 17.4. The molecule has 1 saturated heterocycles. The maximum absolute atomic E-state index is 15.7. The fraction of sp³-hybridized carbons (Fsp3) is 0.208. The Hall–Kier alpha value is -4.09. The molecule has 5 rings (SSSR count). The molecule has 2 aromatic carbocycles. The van der Waals surface area contributed by atoms with Crippen LogP contribution in [0.5, 0.6) is 0 Å². The van der Waals surface area contributed by atoms with E-state index in [1.54, 1.807) is 60.7 Å². The minimum atomic E-state index is -1.85. The number of alkyl halides is 1. The van der Waals surface area contributed by atoms with Gasteiger partial charge in [-0.25, -0.2) is 19.0 Å². The Morgan fingerprint density at radius 1 is 1.03 bits per heavy atom. The molecule has 0 saturated carbocycles. The highest BCUT2D eigenvalue weighted by Gasteiger charge is 2.50. The van der Waals surface area contributed by atoms with Gasteiger partial charge >= 0.3 is 11.9 Å². The van der Waals surface area contributed by atoms with E-state index < -0.39 is 43.2 Å².